The van der Waals surface area contributed by atoms with Gasteiger partial charge < -0.3 is 15.1 Å². The lowest BCUT2D eigenvalue weighted by atomic mass is 10.1. The summed E-state index contributed by atoms with van der Waals surface area (Å²) in [6, 6.07) is 5.91. The van der Waals surface area contributed by atoms with Crippen LogP contribution in [0.25, 0.3) is 11.0 Å². The van der Waals surface area contributed by atoms with Gasteiger partial charge in [-0.1, -0.05) is 0 Å². The molecule has 0 aliphatic carbocycles. The highest BCUT2D eigenvalue weighted by molar-refractivity contribution is 5.96. The second kappa shape index (κ2) is 4.94. The van der Waals surface area contributed by atoms with Crippen LogP contribution in [-0.4, -0.2) is 30.4 Å². The summed E-state index contributed by atoms with van der Waals surface area (Å²) in [7, 11) is 0. The SMILES string of the molecule is Cc1cc2cc(C(=O)N3CC[C@@H](CN)C3)oc2cc1C. The predicted molar refractivity (Wildman–Crippen MR) is 78.8 cm³/mol. The molecule has 1 amide bonds. The Morgan fingerprint density at radius 2 is 2.10 bits per heavy atom. The molecule has 1 aliphatic rings. The van der Waals surface area contributed by atoms with Crippen LogP contribution in [0.5, 0.6) is 0 Å². The standard InChI is InChI=1S/C16H20N2O2/c1-10-5-13-7-15(20-14(13)6-11(10)2)16(19)18-4-3-12(8-17)9-18/h5-7,12H,3-4,8-9,17H2,1-2H3/t12-/m0/s1. The maximum absolute atomic E-state index is 12.4. The number of hydrogen-bond donors (Lipinski definition) is 1. The molecule has 2 heterocycles. The molecule has 1 fully saturated rings. The molecule has 20 heavy (non-hydrogen) atoms. The summed E-state index contributed by atoms with van der Waals surface area (Å²) in [6.45, 7) is 6.27. The monoisotopic (exact) mass is 272 g/mol. The maximum Gasteiger partial charge on any atom is 0.289 e. The Bertz CT molecular complexity index is 621. The van der Waals surface area contributed by atoms with Gasteiger partial charge in [-0.15, -0.1) is 0 Å². The Morgan fingerprint density at radius 3 is 2.80 bits per heavy atom. The minimum Gasteiger partial charge on any atom is -0.451 e. The van der Waals surface area contributed by atoms with Gasteiger partial charge >= 0.3 is 0 Å². The summed E-state index contributed by atoms with van der Waals surface area (Å²) in [6.07, 6.45) is 0.987. The summed E-state index contributed by atoms with van der Waals surface area (Å²) in [5, 5.41) is 0.992. The number of likely N-dealkylation sites (tertiary alicyclic amines) is 1. The van der Waals surface area contributed by atoms with Crippen molar-refractivity contribution < 1.29 is 9.21 Å². The van der Waals surface area contributed by atoms with E-state index >= 15 is 0 Å². The van der Waals surface area contributed by atoms with Crippen molar-refractivity contribution in [2.24, 2.45) is 11.7 Å². The summed E-state index contributed by atoms with van der Waals surface area (Å²) < 4.78 is 5.72. The molecule has 0 spiro atoms. The molecule has 2 N–H and O–H groups in total. The van der Waals surface area contributed by atoms with E-state index in [9.17, 15) is 4.79 Å². The molecule has 106 valence electrons. The highest BCUT2D eigenvalue weighted by Crippen LogP contribution is 2.25. The lowest BCUT2D eigenvalue weighted by Gasteiger charge is -2.14. The third-order valence-electron chi connectivity index (χ3n) is 4.25. The van der Waals surface area contributed by atoms with E-state index in [4.69, 9.17) is 10.2 Å². The average Bonchev–Trinajstić information content (AvgIpc) is 3.05. The molecule has 1 aromatic carbocycles. The van der Waals surface area contributed by atoms with E-state index in [1.807, 2.05) is 24.0 Å². The first kappa shape index (κ1) is 13.2. The van der Waals surface area contributed by atoms with Crippen LogP contribution in [0, 0.1) is 19.8 Å². The van der Waals surface area contributed by atoms with Crippen LogP contribution in [0.1, 0.15) is 28.1 Å². The summed E-state index contributed by atoms with van der Waals surface area (Å²) in [5.41, 5.74) is 8.84. The van der Waals surface area contributed by atoms with Crippen LogP contribution in [0.2, 0.25) is 0 Å². The van der Waals surface area contributed by atoms with E-state index in [0.717, 1.165) is 30.5 Å². The molecule has 1 saturated heterocycles. The molecule has 0 unspecified atom stereocenters. The van der Waals surface area contributed by atoms with Gasteiger partial charge in [-0.3, -0.25) is 4.79 Å². The fourth-order valence-corrected chi connectivity index (χ4v) is 2.77. The minimum absolute atomic E-state index is 0.0209. The molecular weight excluding hydrogens is 252 g/mol. The van der Waals surface area contributed by atoms with Crippen molar-refractivity contribution in [2.45, 2.75) is 20.3 Å². The third-order valence-corrected chi connectivity index (χ3v) is 4.25. The van der Waals surface area contributed by atoms with Gasteiger partial charge in [0, 0.05) is 18.5 Å². The predicted octanol–water partition coefficient (Wildman–Crippen LogP) is 2.47. The molecule has 0 radical (unpaired) electrons. The number of nitrogens with zero attached hydrogens (tertiary/aromatic N) is 1. The number of furan rings is 1. The number of fused-ring (bicyclic) bond motifs is 1. The van der Waals surface area contributed by atoms with Crippen LogP contribution in [0.15, 0.2) is 22.6 Å². The lowest BCUT2D eigenvalue weighted by Crippen LogP contribution is -2.29. The molecule has 4 nitrogen and oxygen atoms in total. The quantitative estimate of drug-likeness (QED) is 0.913. The van der Waals surface area contributed by atoms with E-state index in [2.05, 4.69) is 13.0 Å². The highest BCUT2D eigenvalue weighted by Gasteiger charge is 2.27. The van der Waals surface area contributed by atoms with Crippen molar-refractivity contribution in [1.82, 2.24) is 4.90 Å². The van der Waals surface area contributed by atoms with Crippen molar-refractivity contribution in [2.75, 3.05) is 19.6 Å². The molecular formula is C16H20N2O2. The number of amides is 1. The van der Waals surface area contributed by atoms with Gasteiger partial charge in [0.15, 0.2) is 5.76 Å². The Hall–Kier alpha value is -1.81. The van der Waals surface area contributed by atoms with Crippen LogP contribution in [0.3, 0.4) is 0 Å². The van der Waals surface area contributed by atoms with Crippen molar-refractivity contribution in [3.05, 3.63) is 35.1 Å². The Labute approximate surface area is 118 Å². The number of carbonyl (C=O) groups is 1. The number of benzene rings is 1. The highest BCUT2D eigenvalue weighted by atomic mass is 16.3. The Morgan fingerprint density at radius 1 is 1.35 bits per heavy atom. The van der Waals surface area contributed by atoms with Crippen molar-refractivity contribution in [3.63, 3.8) is 0 Å². The van der Waals surface area contributed by atoms with Gasteiger partial charge in [0.25, 0.3) is 5.91 Å². The number of carbonyl (C=O) groups excluding carboxylic acids is 1. The maximum atomic E-state index is 12.4. The van der Waals surface area contributed by atoms with E-state index < -0.39 is 0 Å². The van der Waals surface area contributed by atoms with E-state index in [-0.39, 0.29) is 5.91 Å². The lowest BCUT2D eigenvalue weighted by molar-refractivity contribution is 0.0758. The Balaban J connectivity index is 1.89. The number of nitrogens with two attached hydrogens (primary N) is 1. The van der Waals surface area contributed by atoms with Crippen molar-refractivity contribution in [3.8, 4) is 0 Å². The second-order valence-corrected chi connectivity index (χ2v) is 5.73. The van der Waals surface area contributed by atoms with Crippen molar-refractivity contribution in [1.29, 1.82) is 0 Å². The smallest absolute Gasteiger partial charge is 0.289 e. The largest absolute Gasteiger partial charge is 0.451 e. The fraction of sp³-hybridized carbons (Fsp3) is 0.438. The molecule has 3 rings (SSSR count). The zero-order valence-corrected chi connectivity index (χ0v) is 12.0. The molecule has 0 saturated carbocycles. The normalized spacial score (nSPS) is 18.9. The van der Waals surface area contributed by atoms with Gasteiger partial charge in [-0.2, -0.15) is 0 Å². The number of rotatable bonds is 2. The van der Waals surface area contributed by atoms with E-state index in [1.54, 1.807) is 0 Å². The van der Waals surface area contributed by atoms with Crippen LogP contribution < -0.4 is 5.73 Å². The molecule has 4 heteroatoms. The van der Waals surface area contributed by atoms with Crippen molar-refractivity contribution >= 4 is 16.9 Å². The Kier molecular flexibility index (Phi) is 3.26. The molecule has 1 aromatic heterocycles. The molecule has 1 atom stereocenters. The average molecular weight is 272 g/mol. The summed E-state index contributed by atoms with van der Waals surface area (Å²) >= 11 is 0. The summed E-state index contributed by atoms with van der Waals surface area (Å²) in [4.78, 5) is 14.3. The van der Waals surface area contributed by atoms with Crippen LogP contribution in [0.4, 0.5) is 0 Å². The zero-order valence-electron chi connectivity index (χ0n) is 12.0. The summed E-state index contributed by atoms with van der Waals surface area (Å²) in [5.74, 6) is 0.836. The van der Waals surface area contributed by atoms with E-state index in [1.165, 1.54) is 11.1 Å². The van der Waals surface area contributed by atoms with Gasteiger partial charge in [0.2, 0.25) is 0 Å². The van der Waals surface area contributed by atoms with E-state index in [0.29, 0.717) is 18.2 Å². The third kappa shape index (κ3) is 2.20. The topological polar surface area (TPSA) is 59.5 Å². The molecule has 1 aliphatic heterocycles. The van der Waals surface area contributed by atoms with Crippen LogP contribution in [-0.2, 0) is 0 Å². The van der Waals surface area contributed by atoms with Crippen LogP contribution >= 0.6 is 0 Å². The van der Waals surface area contributed by atoms with Gasteiger partial charge in [0.05, 0.1) is 0 Å². The molecule has 2 aromatic rings. The first-order valence-corrected chi connectivity index (χ1v) is 7.08. The first-order chi connectivity index (χ1) is 9.58. The first-order valence-electron chi connectivity index (χ1n) is 7.08. The van der Waals surface area contributed by atoms with Gasteiger partial charge in [-0.05, 0) is 62.1 Å². The fourth-order valence-electron chi connectivity index (χ4n) is 2.77. The number of aryl methyl sites for hydroxylation is 2. The van der Waals surface area contributed by atoms with Gasteiger partial charge in [0.1, 0.15) is 5.58 Å². The second-order valence-electron chi connectivity index (χ2n) is 5.73. The van der Waals surface area contributed by atoms with Gasteiger partial charge in [-0.25, -0.2) is 0 Å². The minimum atomic E-state index is -0.0209. The molecule has 0 bridgehead atoms. The number of hydrogen-bond acceptors (Lipinski definition) is 3. The zero-order chi connectivity index (χ0) is 14.3.